The molecule has 0 spiro atoms. The average Bonchev–Trinajstić information content (AvgIpc) is 2.85. The van der Waals surface area contributed by atoms with Crippen LogP contribution in [-0.2, 0) is 17.1 Å². The normalized spacial score (nSPS) is 22.8. The van der Waals surface area contributed by atoms with E-state index in [0.29, 0.717) is 19.0 Å². The number of aromatic nitrogens is 2. The molecule has 0 radical (unpaired) electrons. The van der Waals surface area contributed by atoms with E-state index in [1.807, 2.05) is 0 Å². The monoisotopic (exact) mass is 307 g/mol. The van der Waals surface area contributed by atoms with Crippen LogP contribution in [0.5, 0.6) is 0 Å². The van der Waals surface area contributed by atoms with Crippen molar-refractivity contribution in [1.82, 2.24) is 14.1 Å². The molecule has 0 aliphatic carbocycles. The van der Waals surface area contributed by atoms with E-state index in [9.17, 15) is 8.42 Å². The molecule has 2 rings (SSSR count). The molecule has 1 aromatic rings. The number of halogens is 1. The molecule has 1 atom stereocenters. The molecule has 1 aliphatic heterocycles. The van der Waals surface area contributed by atoms with Gasteiger partial charge in [0.2, 0.25) is 0 Å². The molecule has 5 nitrogen and oxygen atoms in total. The molecule has 1 aromatic heterocycles. The van der Waals surface area contributed by atoms with Crippen LogP contribution < -0.4 is 0 Å². The highest BCUT2D eigenvalue weighted by Gasteiger charge is 2.33. The van der Waals surface area contributed by atoms with Gasteiger partial charge in [-0.25, -0.2) is 8.42 Å². The molecule has 0 bridgehead atoms. The predicted molar refractivity (Wildman–Crippen MR) is 63.9 cm³/mol. The van der Waals surface area contributed by atoms with Gasteiger partial charge in [0.1, 0.15) is 0 Å². The third-order valence-electron chi connectivity index (χ3n) is 2.85. The Labute approximate surface area is 104 Å². The third kappa shape index (κ3) is 2.03. The predicted octanol–water partition coefficient (Wildman–Crippen LogP) is 0.826. The van der Waals surface area contributed by atoms with E-state index in [-0.39, 0.29) is 5.03 Å². The second-order valence-electron chi connectivity index (χ2n) is 3.97. The molecule has 16 heavy (non-hydrogen) atoms. The first kappa shape index (κ1) is 12.1. The van der Waals surface area contributed by atoms with Crippen LogP contribution in [0.25, 0.3) is 0 Å². The molecule has 1 fully saturated rings. The van der Waals surface area contributed by atoms with Gasteiger partial charge in [-0.3, -0.25) is 4.68 Å². The maximum atomic E-state index is 12.2. The van der Waals surface area contributed by atoms with Crippen molar-refractivity contribution in [1.29, 1.82) is 0 Å². The van der Waals surface area contributed by atoms with Crippen molar-refractivity contribution in [2.24, 2.45) is 13.0 Å². The van der Waals surface area contributed by atoms with Crippen molar-refractivity contribution in [3.63, 3.8) is 0 Å². The van der Waals surface area contributed by atoms with Gasteiger partial charge in [-0.2, -0.15) is 9.40 Å². The van der Waals surface area contributed by atoms with E-state index < -0.39 is 10.0 Å². The van der Waals surface area contributed by atoms with Crippen LogP contribution >= 0.6 is 15.9 Å². The molecular formula is C9H14BrN3O2S. The molecular weight excluding hydrogens is 294 g/mol. The highest BCUT2D eigenvalue weighted by atomic mass is 79.9. The van der Waals surface area contributed by atoms with Gasteiger partial charge in [0, 0.05) is 25.5 Å². The standard InChI is InChI=1S/C9H14BrN3O2S/c1-12-9(2-4-11-12)16(14,15)13-5-3-8(6-10)7-13/h2,4,8H,3,5-7H2,1H3. The lowest BCUT2D eigenvalue weighted by Gasteiger charge is -2.15. The maximum absolute atomic E-state index is 12.2. The molecule has 0 amide bonds. The summed E-state index contributed by atoms with van der Waals surface area (Å²) in [5.41, 5.74) is 0. The fourth-order valence-corrected chi connectivity index (χ4v) is 4.05. The quantitative estimate of drug-likeness (QED) is 0.777. The van der Waals surface area contributed by atoms with E-state index in [1.165, 1.54) is 21.3 Å². The van der Waals surface area contributed by atoms with Crippen LogP contribution in [-0.4, -0.2) is 40.9 Å². The van der Waals surface area contributed by atoms with E-state index >= 15 is 0 Å². The first-order valence-corrected chi connectivity index (χ1v) is 7.66. The molecule has 1 aliphatic rings. The fraction of sp³-hybridized carbons (Fsp3) is 0.667. The first-order chi connectivity index (χ1) is 7.55. The summed E-state index contributed by atoms with van der Waals surface area (Å²) in [5.74, 6) is 0.419. The van der Waals surface area contributed by atoms with Crippen LogP contribution in [0.1, 0.15) is 6.42 Å². The molecule has 0 saturated carbocycles. The van der Waals surface area contributed by atoms with Gasteiger partial charge in [0.25, 0.3) is 10.0 Å². The zero-order valence-electron chi connectivity index (χ0n) is 9.00. The van der Waals surface area contributed by atoms with Gasteiger partial charge in [0.05, 0.1) is 6.20 Å². The number of nitrogens with zero attached hydrogens (tertiary/aromatic N) is 3. The number of aryl methyl sites for hydroxylation is 1. The summed E-state index contributed by atoms with van der Waals surface area (Å²) in [5, 5.41) is 5.01. The lowest BCUT2D eigenvalue weighted by atomic mass is 10.2. The second kappa shape index (κ2) is 4.46. The van der Waals surface area contributed by atoms with Gasteiger partial charge in [0.15, 0.2) is 5.03 Å². The summed E-state index contributed by atoms with van der Waals surface area (Å²) in [7, 11) is -1.71. The average molecular weight is 308 g/mol. The number of hydrogen-bond acceptors (Lipinski definition) is 3. The number of alkyl halides is 1. The van der Waals surface area contributed by atoms with Crippen LogP contribution in [0.2, 0.25) is 0 Å². The summed E-state index contributed by atoms with van der Waals surface area (Å²) >= 11 is 3.39. The summed E-state index contributed by atoms with van der Waals surface area (Å²) in [4.78, 5) is 0. The van der Waals surface area contributed by atoms with Crippen LogP contribution in [0.4, 0.5) is 0 Å². The van der Waals surface area contributed by atoms with Crippen molar-refractivity contribution in [2.75, 3.05) is 18.4 Å². The number of sulfonamides is 1. The minimum Gasteiger partial charge on any atom is -0.256 e. The Balaban J connectivity index is 2.25. The Morgan fingerprint density at radius 3 is 2.88 bits per heavy atom. The fourth-order valence-electron chi connectivity index (χ4n) is 1.89. The van der Waals surface area contributed by atoms with Crippen LogP contribution in [0, 0.1) is 5.92 Å². The maximum Gasteiger partial charge on any atom is 0.260 e. The van der Waals surface area contributed by atoms with Crippen LogP contribution in [0.15, 0.2) is 17.3 Å². The lowest BCUT2D eigenvalue weighted by Crippen LogP contribution is -2.30. The van der Waals surface area contributed by atoms with Crippen molar-refractivity contribution in [3.8, 4) is 0 Å². The number of hydrogen-bond donors (Lipinski definition) is 0. The Morgan fingerprint density at radius 2 is 2.38 bits per heavy atom. The van der Waals surface area contributed by atoms with E-state index in [0.717, 1.165) is 11.8 Å². The summed E-state index contributed by atoms with van der Waals surface area (Å²) in [6, 6.07) is 1.54. The van der Waals surface area contributed by atoms with Crippen LogP contribution in [0.3, 0.4) is 0 Å². The van der Waals surface area contributed by atoms with Crippen molar-refractivity contribution in [3.05, 3.63) is 12.3 Å². The molecule has 7 heteroatoms. The molecule has 0 aromatic carbocycles. The summed E-state index contributed by atoms with van der Waals surface area (Å²) in [6.45, 7) is 1.20. The molecule has 1 unspecified atom stereocenters. The molecule has 2 heterocycles. The van der Waals surface area contributed by atoms with Gasteiger partial charge in [-0.1, -0.05) is 15.9 Å². The van der Waals surface area contributed by atoms with Gasteiger partial charge < -0.3 is 0 Å². The van der Waals surface area contributed by atoms with E-state index in [1.54, 1.807) is 7.05 Å². The summed E-state index contributed by atoms with van der Waals surface area (Å²) < 4.78 is 27.4. The van der Waals surface area contributed by atoms with E-state index in [2.05, 4.69) is 21.0 Å². The lowest BCUT2D eigenvalue weighted by molar-refractivity contribution is 0.457. The van der Waals surface area contributed by atoms with Gasteiger partial charge in [-0.15, -0.1) is 0 Å². The minimum atomic E-state index is -3.36. The Morgan fingerprint density at radius 1 is 1.62 bits per heavy atom. The minimum absolute atomic E-state index is 0.266. The highest BCUT2D eigenvalue weighted by Crippen LogP contribution is 2.24. The number of rotatable bonds is 3. The SMILES string of the molecule is Cn1nccc1S(=O)(=O)N1CCC(CBr)C1. The summed E-state index contributed by atoms with van der Waals surface area (Å²) in [6.07, 6.45) is 2.42. The Hall–Kier alpha value is -0.400. The van der Waals surface area contributed by atoms with Crippen molar-refractivity contribution in [2.45, 2.75) is 11.4 Å². The Bertz CT molecular complexity index is 471. The van der Waals surface area contributed by atoms with Crippen molar-refractivity contribution < 1.29 is 8.42 Å². The highest BCUT2D eigenvalue weighted by molar-refractivity contribution is 9.09. The smallest absolute Gasteiger partial charge is 0.256 e. The van der Waals surface area contributed by atoms with Gasteiger partial charge in [-0.05, 0) is 18.4 Å². The largest absolute Gasteiger partial charge is 0.260 e. The molecule has 1 saturated heterocycles. The molecule has 0 N–H and O–H groups in total. The zero-order valence-corrected chi connectivity index (χ0v) is 11.4. The Kier molecular flexibility index (Phi) is 3.37. The first-order valence-electron chi connectivity index (χ1n) is 5.10. The zero-order chi connectivity index (χ0) is 11.8. The van der Waals surface area contributed by atoms with E-state index in [4.69, 9.17) is 0 Å². The van der Waals surface area contributed by atoms with Gasteiger partial charge >= 0.3 is 0 Å². The third-order valence-corrected chi connectivity index (χ3v) is 5.70. The van der Waals surface area contributed by atoms with Crippen molar-refractivity contribution >= 4 is 26.0 Å². The topological polar surface area (TPSA) is 55.2 Å². The second-order valence-corrected chi connectivity index (χ2v) is 6.50. The molecule has 90 valence electrons.